The third kappa shape index (κ3) is 5.98. The highest BCUT2D eigenvalue weighted by Gasteiger charge is 2.29. The van der Waals surface area contributed by atoms with Crippen LogP contribution in [-0.4, -0.2) is 89.3 Å². The quantitative estimate of drug-likeness (QED) is 0.318. The molecule has 1 saturated carbocycles. The van der Waals surface area contributed by atoms with E-state index in [1.165, 1.54) is 23.5 Å². The zero-order chi connectivity index (χ0) is 31.9. The van der Waals surface area contributed by atoms with Crippen molar-refractivity contribution in [3.8, 4) is 17.3 Å². The summed E-state index contributed by atoms with van der Waals surface area (Å²) in [7, 11) is 1.90. The minimum absolute atomic E-state index is 0.0152. The molecule has 3 fully saturated rings. The van der Waals surface area contributed by atoms with E-state index in [9.17, 15) is 24.3 Å². The molecule has 1 amide bonds. The predicted octanol–water partition coefficient (Wildman–Crippen LogP) is 4.34. The second-order valence-corrected chi connectivity index (χ2v) is 13.4. The lowest BCUT2D eigenvalue weighted by molar-refractivity contribution is -0.134. The van der Waals surface area contributed by atoms with E-state index in [1.54, 1.807) is 12.1 Å². The molecular weight excluding hydrogens is 605 g/mol. The number of thiazole rings is 1. The maximum Gasteiger partial charge on any atom is 0.258 e. The molecule has 2 aromatic heterocycles. The Bertz CT molecular complexity index is 1860. The van der Waals surface area contributed by atoms with E-state index >= 15 is 0 Å². The van der Waals surface area contributed by atoms with Gasteiger partial charge in [0.15, 0.2) is 5.13 Å². The largest absolute Gasteiger partial charge is 0.393 e. The van der Waals surface area contributed by atoms with Crippen LogP contribution in [0.4, 0.5) is 20.9 Å². The number of aliphatic hydroxyl groups is 1. The van der Waals surface area contributed by atoms with E-state index in [0.717, 1.165) is 55.8 Å². The molecule has 0 atom stereocenters. The number of anilines is 3. The number of aliphatic hydroxyl groups excluding tert-OH is 1. The molecule has 2 saturated heterocycles. The number of nitrogens with zero attached hydrogens (tertiary/aromatic N) is 7. The Hall–Kier alpha value is -4.31. The molecular formula is C34H36FN7O3S. The van der Waals surface area contributed by atoms with Gasteiger partial charge in [-0.2, -0.15) is 5.26 Å². The number of hydrogen-bond acceptors (Lipinski definition) is 9. The Morgan fingerprint density at radius 3 is 2.43 bits per heavy atom. The highest BCUT2D eigenvalue weighted by atomic mass is 32.1. The molecule has 3 aliphatic rings. The van der Waals surface area contributed by atoms with Gasteiger partial charge in [-0.15, -0.1) is 0 Å². The Morgan fingerprint density at radius 2 is 1.76 bits per heavy atom. The number of piperazine rings is 1. The molecule has 0 bridgehead atoms. The van der Waals surface area contributed by atoms with Crippen molar-refractivity contribution in [1.82, 2.24) is 19.4 Å². The number of halogens is 1. The van der Waals surface area contributed by atoms with E-state index in [1.807, 2.05) is 39.7 Å². The Labute approximate surface area is 270 Å². The van der Waals surface area contributed by atoms with Gasteiger partial charge in [-0.1, -0.05) is 11.3 Å². The Kier molecular flexibility index (Phi) is 8.23. The van der Waals surface area contributed by atoms with Gasteiger partial charge in [-0.25, -0.2) is 9.37 Å². The normalized spacial score (nSPS) is 17.8. The van der Waals surface area contributed by atoms with Crippen molar-refractivity contribution >= 4 is 44.5 Å². The zero-order valence-electron chi connectivity index (χ0n) is 25.7. The smallest absolute Gasteiger partial charge is 0.258 e. The Morgan fingerprint density at radius 1 is 1.04 bits per heavy atom. The number of nitriles is 1. The molecule has 0 spiro atoms. The second-order valence-electron chi connectivity index (χ2n) is 12.4. The van der Waals surface area contributed by atoms with Crippen molar-refractivity contribution in [2.45, 2.75) is 37.8 Å². The third-order valence-electron chi connectivity index (χ3n) is 9.34. The second kappa shape index (κ2) is 12.5. The first-order valence-corrected chi connectivity index (χ1v) is 16.6. The highest BCUT2D eigenvalue weighted by Crippen LogP contribution is 2.40. The topological polar surface area (TPSA) is 109 Å². The van der Waals surface area contributed by atoms with Crippen LogP contribution in [0.5, 0.6) is 0 Å². The SMILES string of the molecule is CN(c1nc(-c2ccc(F)cc2)c(C#N)s1)c1cn(C2CC2)c(=O)c2ccc(N3CCN(CC(=O)N4CCC(O)CC4)CC3)cc12. The molecule has 7 rings (SSSR count). The number of benzene rings is 2. The number of hydrogen-bond donors (Lipinski definition) is 1. The summed E-state index contributed by atoms with van der Waals surface area (Å²) in [5, 5.41) is 21.7. The van der Waals surface area contributed by atoms with Gasteiger partial charge in [-0.3, -0.25) is 14.5 Å². The van der Waals surface area contributed by atoms with E-state index in [-0.39, 0.29) is 29.4 Å². The van der Waals surface area contributed by atoms with Gasteiger partial charge in [0.05, 0.1) is 18.3 Å². The van der Waals surface area contributed by atoms with E-state index in [2.05, 4.69) is 21.9 Å². The molecule has 4 aromatic rings. The van der Waals surface area contributed by atoms with Crippen LogP contribution in [0.1, 0.15) is 36.6 Å². The summed E-state index contributed by atoms with van der Waals surface area (Å²) in [6.45, 7) is 4.61. The van der Waals surface area contributed by atoms with Crippen molar-refractivity contribution in [2.24, 2.45) is 0 Å². The number of carbonyl (C=O) groups excluding carboxylic acids is 1. The maximum absolute atomic E-state index is 13.6. The first-order valence-electron chi connectivity index (χ1n) is 15.8. The van der Waals surface area contributed by atoms with Gasteiger partial charge >= 0.3 is 0 Å². The van der Waals surface area contributed by atoms with Gasteiger partial charge in [0, 0.05) is 80.6 Å². The number of fused-ring (bicyclic) bond motifs is 1. The summed E-state index contributed by atoms with van der Waals surface area (Å²) >= 11 is 1.26. The number of amides is 1. The first-order chi connectivity index (χ1) is 22.3. The number of aromatic nitrogens is 2. The van der Waals surface area contributed by atoms with Gasteiger partial charge in [0.2, 0.25) is 5.91 Å². The lowest BCUT2D eigenvalue weighted by Gasteiger charge is -2.37. The fourth-order valence-corrected chi connectivity index (χ4v) is 7.28. The fraction of sp³-hybridized carbons (Fsp3) is 0.412. The maximum atomic E-state index is 13.6. The van der Waals surface area contributed by atoms with Crippen LogP contribution < -0.4 is 15.4 Å². The summed E-state index contributed by atoms with van der Waals surface area (Å²) in [4.78, 5) is 40.0. The lowest BCUT2D eigenvalue weighted by atomic mass is 10.1. The van der Waals surface area contributed by atoms with Gasteiger partial charge in [0.25, 0.3) is 5.56 Å². The number of pyridine rings is 1. The van der Waals surface area contributed by atoms with Crippen LogP contribution >= 0.6 is 11.3 Å². The van der Waals surface area contributed by atoms with Gasteiger partial charge in [-0.05, 0) is 68.1 Å². The molecule has 10 nitrogen and oxygen atoms in total. The molecule has 1 N–H and O–H groups in total. The van der Waals surface area contributed by atoms with Crippen LogP contribution in [0.3, 0.4) is 0 Å². The Balaban J connectivity index is 1.15. The average molecular weight is 642 g/mol. The zero-order valence-corrected chi connectivity index (χ0v) is 26.5. The number of rotatable bonds is 7. The van der Waals surface area contributed by atoms with Crippen molar-refractivity contribution in [3.05, 3.63) is 69.7 Å². The third-order valence-corrected chi connectivity index (χ3v) is 10.4. The highest BCUT2D eigenvalue weighted by molar-refractivity contribution is 7.16. The van der Waals surface area contributed by atoms with Crippen molar-refractivity contribution in [1.29, 1.82) is 5.26 Å². The average Bonchev–Trinajstić information content (AvgIpc) is 3.83. The van der Waals surface area contributed by atoms with Crippen molar-refractivity contribution in [2.75, 3.05) is 62.7 Å². The van der Waals surface area contributed by atoms with Crippen molar-refractivity contribution in [3.63, 3.8) is 0 Å². The minimum Gasteiger partial charge on any atom is -0.393 e. The fourth-order valence-electron chi connectivity index (χ4n) is 6.42. The van der Waals surface area contributed by atoms with E-state index < -0.39 is 0 Å². The number of piperidine rings is 1. The molecule has 2 aromatic carbocycles. The first kappa shape index (κ1) is 30.3. The van der Waals surface area contributed by atoms with Crippen LogP contribution in [0.25, 0.3) is 22.0 Å². The lowest BCUT2D eigenvalue weighted by Crippen LogP contribution is -2.51. The molecule has 46 heavy (non-hydrogen) atoms. The molecule has 0 radical (unpaired) electrons. The summed E-state index contributed by atoms with van der Waals surface area (Å²) < 4.78 is 15.4. The van der Waals surface area contributed by atoms with Crippen LogP contribution in [0.2, 0.25) is 0 Å². The number of likely N-dealkylation sites (tertiary alicyclic amines) is 1. The molecule has 0 unspecified atom stereocenters. The summed E-state index contributed by atoms with van der Waals surface area (Å²) in [6.07, 6.45) is 4.82. The molecule has 4 heterocycles. The van der Waals surface area contributed by atoms with Crippen LogP contribution in [0, 0.1) is 17.1 Å². The summed E-state index contributed by atoms with van der Waals surface area (Å²) in [6, 6.07) is 14.4. The predicted molar refractivity (Wildman–Crippen MR) is 177 cm³/mol. The van der Waals surface area contributed by atoms with Gasteiger partial charge < -0.3 is 24.4 Å². The molecule has 238 valence electrons. The molecule has 1 aliphatic carbocycles. The minimum atomic E-state index is -0.353. The van der Waals surface area contributed by atoms with E-state index in [4.69, 9.17) is 4.98 Å². The monoisotopic (exact) mass is 641 g/mol. The van der Waals surface area contributed by atoms with Gasteiger partial charge in [0.1, 0.15) is 22.5 Å². The number of carbonyl (C=O) groups is 1. The van der Waals surface area contributed by atoms with Crippen LogP contribution in [-0.2, 0) is 4.79 Å². The standard InChI is InChI=1S/C34H36FN7O3S/c1-38(34-37-32(30(19-36)46-34)22-2-4-23(35)5-3-22)29-20-42(24-6-7-24)33(45)27-9-8-25(18-28(27)29)40-16-14-39(15-17-40)21-31(44)41-12-10-26(43)11-13-41/h2-5,8-9,18,20,24,26,43H,6-7,10-17,21H2,1H3. The van der Waals surface area contributed by atoms with E-state index in [0.29, 0.717) is 59.1 Å². The molecule has 12 heteroatoms. The van der Waals surface area contributed by atoms with Crippen molar-refractivity contribution < 1.29 is 14.3 Å². The summed E-state index contributed by atoms with van der Waals surface area (Å²) in [5.41, 5.74) is 2.98. The van der Waals surface area contributed by atoms with Crippen LogP contribution in [0.15, 0.2) is 53.5 Å². The molecule has 2 aliphatic heterocycles. The summed E-state index contributed by atoms with van der Waals surface area (Å²) in [5.74, 6) is -0.233.